The second-order valence-corrected chi connectivity index (χ2v) is 8.56. The number of nitrogens with one attached hydrogen (secondary N) is 3. The molecular weight excluding hydrogens is 424 g/mol. The van der Waals surface area contributed by atoms with E-state index in [2.05, 4.69) is 47.1 Å². The molecule has 0 radical (unpaired) electrons. The van der Waals surface area contributed by atoms with Crippen LogP contribution in [0.1, 0.15) is 49.3 Å². The average molecular weight is 462 g/mol. The molecule has 33 heavy (non-hydrogen) atoms. The molecule has 0 aliphatic carbocycles. The monoisotopic (exact) mass is 461 g/mol. The van der Waals surface area contributed by atoms with Crippen molar-refractivity contribution in [2.45, 2.75) is 64.6 Å². The molecule has 1 fully saturated rings. The van der Waals surface area contributed by atoms with Crippen molar-refractivity contribution >= 4 is 5.91 Å². The molecule has 3 rings (SSSR count). The first-order valence-electron chi connectivity index (χ1n) is 11.7. The second kappa shape index (κ2) is 14.7. The summed E-state index contributed by atoms with van der Waals surface area (Å²) in [5.41, 5.74) is 3.14. The highest BCUT2D eigenvalue weighted by Crippen LogP contribution is 2.10. The molecule has 2 aromatic rings. The average Bonchev–Trinajstić information content (AvgIpc) is 2.78. The molecule has 2 unspecified atom stereocenters. The molecule has 1 saturated heterocycles. The molecule has 0 aromatic heterocycles. The summed E-state index contributed by atoms with van der Waals surface area (Å²) >= 11 is 0. The molecule has 1 aliphatic rings. The number of hydrogen-bond acceptors (Lipinski definition) is 4. The quantitative estimate of drug-likeness (QED) is 0.460. The lowest BCUT2D eigenvalue weighted by atomic mass is 10.0. The number of benzene rings is 2. The van der Waals surface area contributed by atoms with Crippen LogP contribution in [0.25, 0.3) is 0 Å². The van der Waals surface area contributed by atoms with E-state index in [4.69, 9.17) is 0 Å². The Kier molecular flexibility index (Phi) is 12.0. The van der Waals surface area contributed by atoms with Crippen molar-refractivity contribution in [3.05, 3.63) is 70.8 Å². The fraction of sp³-hybridized carbons (Fsp3) is 0.500. The topological polar surface area (TPSA) is 73.4 Å². The van der Waals surface area contributed by atoms with Gasteiger partial charge in [-0.05, 0) is 61.6 Å². The molecule has 2 aromatic carbocycles. The van der Waals surface area contributed by atoms with Crippen LogP contribution in [0, 0.1) is 18.6 Å². The van der Waals surface area contributed by atoms with Gasteiger partial charge in [-0.3, -0.25) is 4.79 Å². The lowest BCUT2D eigenvalue weighted by Crippen LogP contribution is -2.42. The lowest BCUT2D eigenvalue weighted by Gasteiger charge is -2.23. The lowest BCUT2D eigenvalue weighted by molar-refractivity contribution is -0.122. The van der Waals surface area contributed by atoms with Crippen LogP contribution in [0.3, 0.4) is 0 Å². The van der Waals surface area contributed by atoms with Crippen LogP contribution >= 0.6 is 0 Å². The number of rotatable bonds is 9. The van der Waals surface area contributed by atoms with Crippen molar-refractivity contribution in [1.29, 1.82) is 0 Å². The van der Waals surface area contributed by atoms with Crippen LogP contribution in [-0.4, -0.2) is 42.8 Å². The molecule has 0 bridgehead atoms. The summed E-state index contributed by atoms with van der Waals surface area (Å²) < 4.78 is 24.4. The van der Waals surface area contributed by atoms with E-state index < -0.39 is 17.7 Å². The van der Waals surface area contributed by atoms with E-state index in [1.54, 1.807) is 6.92 Å². The third-order valence-corrected chi connectivity index (χ3v) is 5.49. The Labute approximate surface area is 196 Å². The number of aryl methyl sites for hydroxylation is 2. The third kappa shape index (κ3) is 11.4. The molecule has 1 amide bonds. The summed E-state index contributed by atoms with van der Waals surface area (Å²) in [5.74, 6) is -1.02. The van der Waals surface area contributed by atoms with Crippen LogP contribution in [0.2, 0.25) is 0 Å². The number of carbonyl (C=O) groups excluding carboxylic acids is 1. The Morgan fingerprint density at radius 1 is 1.12 bits per heavy atom. The van der Waals surface area contributed by atoms with Gasteiger partial charge in [0.05, 0.1) is 6.10 Å². The van der Waals surface area contributed by atoms with E-state index >= 15 is 0 Å². The van der Waals surface area contributed by atoms with E-state index in [0.29, 0.717) is 31.1 Å². The van der Waals surface area contributed by atoms with Gasteiger partial charge >= 0.3 is 0 Å². The van der Waals surface area contributed by atoms with Gasteiger partial charge in [0.2, 0.25) is 5.91 Å². The van der Waals surface area contributed by atoms with Crippen molar-refractivity contribution in [1.82, 2.24) is 16.0 Å². The normalized spacial score (nSPS) is 16.5. The predicted octanol–water partition coefficient (Wildman–Crippen LogP) is 3.62. The molecule has 0 saturated carbocycles. The Bertz CT molecular complexity index is 807. The van der Waals surface area contributed by atoms with E-state index in [-0.39, 0.29) is 5.91 Å². The van der Waals surface area contributed by atoms with Gasteiger partial charge in [0.15, 0.2) is 0 Å². The van der Waals surface area contributed by atoms with E-state index in [1.807, 2.05) is 0 Å². The zero-order valence-corrected chi connectivity index (χ0v) is 19.7. The van der Waals surface area contributed by atoms with Gasteiger partial charge in [-0.2, -0.15) is 0 Å². The van der Waals surface area contributed by atoms with Gasteiger partial charge < -0.3 is 21.1 Å². The number of piperidine rings is 1. The summed E-state index contributed by atoms with van der Waals surface area (Å²) in [6.07, 6.45) is 4.42. The minimum atomic E-state index is -0.567. The van der Waals surface area contributed by atoms with E-state index in [0.717, 1.165) is 32.0 Å². The highest BCUT2D eigenvalue weighted by molar-refractivity contribution is 5.76. The zero-order valence-electron chi connectivity index (χ0n) is 19.7. The van der Waals surface area contributed by atoms with Crippen molar-refractivity contribution in [3.8, 4) is 0 Å². The molecular formula is C26H37F2N3O2. The Hall–Kier alpha value is -2.35. The van der Waals surface area contributed by atoms with Crippen molar-refractivity contribution in [2.75, 3.05) is 19.6 Å². The predicted molar refractivity (Wildman–Crippen MR) is 128 cm³/mol. The Balaban J connectivity index is 0.000000357. The molecule has 2 atom stereocenters. The molecule has 1 heterocycles. The molecule has 182 valence electrons. The standard InChI is InChI=1S/C19H31N3O2.C7H6F2/c1-2-15-6-5-7-16(10-15)12-20-13-18(23)14-22-19(24)11-17-8-3-4-9-21-17;1-5-2-6(8)4-7(9)3-5/h5-7,10,17-18,20-21,23H,2-4,8-9,11-14H2,1H3,(H,22,24);2-4H,1H3. The van der Waals surface area contributed by atoms with Gasteiger partial charge in [-0.15, -0.1) is 0 Å². The van der Waals surface area contributed by atoms with Crippen LogP contribution in [0.4, 0.5) is 8.78 Å². The van der Waals surface area contributed by atoms with Gasteiger partial charge in [-0.25, -0.2) is 8.78 Å². The van der Waals surface area contributed by atoms with E-state index in [1.165, 1.54) is 36.1 Å². The molecule has 1 aliphatic heterocycles. The van der Waals surface area contributed by atoms with Crippen LogP contribution in [-0.2, 0) is 17.8 Å². The first kappa shape index (κ1) is 26.9. The molecule has 5 nitrogen and oxygen atoms in total. The largest absolute Gasteiger partial charge is 0.390 e. The van der Waals surface area contributed by atoms with Crippen LogP contribution in [0.15, 0.2) is 42.5 Å². The molecule has 0 spiro atoms. The minimum absolute atomic E-state index is 0.0177. The minimum Gasteiger partial charge on any atom is -0.390 e. The number of carbonyl (C=O) groups is 1. The highest BCUT2D eigenvalue weighted by atomic mass is 19.1. The van der Waals surface area contributed by atoms with Crippen LogP contribution in [0.5, 0.6) is 0 Å². The fourth-order valence-electron chi connectivity index (χ4n) is 3.73. The summed E-state index contributed by atoms with van der Waals surface area (Å²) in [4.78, 5) is 11.9. The van der Waals surface area contributed by atoms with Gasteiger partial charge in [-0.1, -0.05) is 37.6 Å². The number of hydrogen-bond donors (Lipinski definition) is 4. The van der Waals surface area contributed by atoms with Gasteiger partial charge in [0.1, 0.15) is 11.6 Å². The third-order valence-electron chi connectivity index (χ3n) is 5.49. The maximum Gasteiger partial charge on any atom is 0.221 e. The number of aliphatic hydroxyl groups excluding tert-OH is 1. The zero-order chi connectivity index (χ0) is 24.1. The first-order chi connectivity index (χ1) is 15.9. The summed E-state index contributed by atoms with van der Waals surface area (Å²) in [6, 6.07) is 12.1. The first-order valence-corrected chi connectivity index (χ1v) is 11.7. The number of halogens is 2. The molecule has 7 heteroatoms. The van der Waals surface area contributed by atoms with Crippen molar-refractivity contribution < 1.29 is 18.7 Å². The van der Waals surface area contributed by atoms with Crippen LogP contribution < -0.4 is 16.0 Å². The maximum absolute atomic E-state index is 12.2. The smallest absolute Gasteiger partial charge is 0.221 e. The van der Waals surface area contributed by atoms with Gasteiger partial charge in [0, 0.05) is 38.2 Å². The second-order valence-electron chi connectivity index (χ2n) is 8.56. The highest BCUT2D eigenvalue weighted by Gasteiger charge is 2.16. The van der Waals surface area contributed by atoms with Crippen molar-refractivity contribution in [2.24, 2.45) is 0 Å². The number of aliphatic hydroxyl groups is 1. The van der Waals surface area contributed by atoms with Crippen molar-refractivity contribution in [3.63, 3.8) is 0 Å². The number of amides is 1. The SMILES string of the molecule is CCc1cccc(CNCC(O)CNC(=O)CC2CCCCN2)c1.Cc1cc(F)cc(F)c1. The summed E-state index contributed by atoms with van der Waals surface area (Å²) in [5, 5.41) is 19.4. The fourth-order valence-corrected chi connectivity index (χ4v) is 3.73. The maximum atomic E-state index is 12.2. The summed E-state index contributed by atoms with van der Waals surface area (Å²) in [7, 11) is 0. The van der Waals surface area contributed by atoms with E-state index in [9.17, 15) is 18.7 Å². The molecule has 4 N–H and O–H groups in total. The Morgan fingerprint density at radius 2 is 1.85 bits per heavy atom. The summed E-state index contributed by atoms with van der Waals surface area (Å²) in [6.45, 7) is 6.29. The van der Waals surface area contributed by atoms with Gasteiger partial charge in [0.25, 0.3) is 0 Å². The Morgan fingerprint density at radius 3 is 2.48 bits per heavy atom.